The topological polar surface area (TPSA) is 38.0 Å². The molecule has 2 rings (SSSR count). The molecule has 0 heterocycles. The molecule has 0 spiro atoms. The molecule has 1 unspecified atom stereocenters. The second kappa shape index (κ2) is 6.05. The van der Waals surface area contributed by atoms with Crippen LogP contribution in [0.4, 0.5) is 0 Å². The number of rotatable bonds is 4. The minimum absolute atomic E-state index is 0.342. The van der Waals surface area contributed by atoms with Gasteiger partial charge >= 0.3 is 0 Å². The zero-order valence-electron chi connectivity index (χ0n) is 9.76. The molecule has 1 aromatic carbocycles. The Hall–Kier alpha value is -0.280. The average molecular weight is 273 g/mol. The van der Waals surface area contributed by atoms with Gasteiger partial charge in [-0.3, -0.25) is 11.3 Å². The van der Waals surface area contributed by atoms with Crippen LogP contribution in [-0.2, 0) is 6.42 Å². The van der Waals surface area contributed by atoms with Crippen molar-refractivity contribution in [3.05, 3.63) is 33.8 Å². The minimum atomic E-state index is 0.342. The second-order valence-corrected chi connectivity index (χ2v) is 5.58. The van der Waals surface area contributed by atoms with Crippen LogP contribution < -0.4 is 11.3 Å². The molecule has 3 N–H and O–H groups in total. The van der Waals surface area contributed by atoms with Gasteiger partial charge in [0.2, 0.25) is 0 Å². The highest BCUT2D eigenvalue weighted by Crippen LogP contribution is 2.30. The van der Waals surface area contributed by atoms with Crippen molar-refractivity contribution in [2.24, 2.45) is 11.8 Å². The van der Waals surface area contributed by atoms with Gasteiger partial charge in [-0.25, -0.2) is 0 Å². The highest BCUT2D eigenvalue weighted by Gasteiger charge is 2.24. The zero-order valence-corrected chi connectivity index (χ0v) is 11.3. The Bertz CT molecular complexity index is 376. The largest absolute Gasteiger partial charge is 0.271 e. The van der Waals surface area contributed by atoms with Crippen LogP contribution in [0.25, 0.3) is 0 Å². The van der Waals surface area contributed by atoms with Crippen LogP contribution >= 0.6 is 23.2 Å². The van der Waals surface area contributed by atoms with Crippen molar-refractivity contribution >= 4 is 23.2 Å². The van der Waals surface area contributed by atoms with E-state index in [-0.39, 0.29) is 0 Å². The number of nitrogens with two attached hydrogens (primary N) is 1. The maximum Gasteiger partial charge on any atom is 0.0595 e. The van der Waals surface area contributed by atoms with Gasteiger partial charge in [-0.15, -0.1) is 0 Å². The molecule has 0 aliphatic heterocycles. The van der Waals surface area contributed by atoms with Crippen LogP contribution in [0, 0.1) is 5.92 Å². The maximum atomic E-state index is 6.02. The molecule has 2 nitrogen and oxygen atoms in total. The van der Waals surface area contributed by atoms with Gasteiger partial charge in [0.05, 0.1) is 10.0 Å². The van der Waals surface area contributed by atoms with Crippen LogP contribution in [0.5, 0.6) is 0 Å². The van der Waals surface area contributed by atoms with E-state index in [0.717, 1.165) is 6.42 Å². The summed E-state index contributed by atoms with van der Waals surface area (Å²) in [6, 6.07) is 6.15. The lowest BCUT2D eigenvalue weighted by Crippen LogP contribution is -2.41. The standard InChI is InChI=1S/C13H18Cl2N2/c14-11-6-5-9(7-12(11)15)8-13(17-16)10-3-1-2-4-10/h5-7,10,13,17H,1-4,8,16H2. The third-order valence-corrected chi connectivity index (χ3v) is 4.36. The molecule has 1 aliphatic carbocycles. The molecular formula is C13H18Cl2N2. The van der Waals surface area contributed by atoms with E-state index in [0.29, 0.717) is 22.0 Å². The third-order valence-electron chi connectivity index (χ3n) is 3.62. The van der Waals surface area contributed by atoms with Gasteiger partial charge in [0.15, 0.2) is 0 Å². The number of benzene rings is 1. The predicted molar refractivity (Wildman–Crippen MR) is 73.2 cm³/mol. The number of nitrogens with one attached hydrogen (secondary N) is 1. The van der Waals surface area contributed by atoms with Crippen molar-refractivity contribution in [2.45, 2.75) is 38.1 Å². The molecular weight excluding hydrogens is 255 g/mol. The van der Waals surface area contributed by atoms with Gasteiger partial charge in [0.25, 0.3) is 0 Å². The summed E-state index contributed by atoms with van der Waals surface area (Å²) in [5.41, 5.74) is 4.14. The fourth-order valence-corrected chi connectivity index (χ4v) is 2.96. The molecule has 0 amide bonds. The normalized spacial score (nSPS) is 18.5. The summed E-state index contributed by atoms with van der Waals surface area (Å²) in [6.45, 7) is 0. The van der Waals surface area contributed by atoms with Gasteiger partial charge in [-0.1, -0.05) is 42.1 Å². The van der Waals surface area contributed by atoms with Crippen molar-refractivity contribution in [2.75, 3.05) is 0 Å². The van der Waals surface area contributed by atoms with E-state index in [9.17, 15) is 0 Å². The van der Waals surface area contributed by atoms with Crippen LogP contribution in [-0.4, -0.2) is 6.04 Å². The van der Waals surface area contributed by atoms with E-state index in [1.807, 2.05) is 18.2 Å². The predicted octanol–water partition coefficient (Wildman–Crippen LogP) is 3.56. The van der Waals surface area contributed by atoms with Gasteiger partial charge in [-0.2, -0.15) is 0 Å². The van der Waals surface area contributed by atoms with Gasteiger partial charge in [0.1, 0.15) is 0 Å². The minimum Gasteiger partial charge on any atom is -0.271 e. The SMILES string of the molecule is NNC(Cc1ccc(Cl)c(Cl)c1)C1CCCC1. The Morgan fingerprint density at radius 2 is 1.94 bits per heavy atom. The zero-order chi connectivity index (χ0) is 12.3. The lowest BCUT2D eigenvalue weighted by Gasteiger charge is -2.22. The van der Waals surface area contributed by atoms with Crippen LogP contribution in [0.2, 0.25) is 10.0 Å². The quantitative estimate of drug-likeness (QED) is 0.650. The Morgan fingerprint density at radius 1 is 1.24 bits per heavy atom. The Labute approximate surface area is 112 Å². The first kappa shape index (κ1) is 13.2. The van der Waals surface area contributed by atoms with E-state index < -0.39 is 0 Å². The van der Waals surface area contributed by atoms with Crippen molar-refractivity contribution in [3.63, 3.8) is 0 Å². The first-order valence-corrected chi connectivity index (χ1v) is 6.86. The molecule has 1 atom stereocenters. The van der Waals surface area contributed by atoms with Crippen molar-refractivity contribution < 1.29 is 0 Å². The summed E-state index contributed by atoms with van der Waals surface area (Å²) in [6.07, 6.45) is 6.11. The molecule has 1 aromatic rings. The highest BCUT2D eigenvalue weighted by molar-refractivity contribution is 6.42. The Kier molecular flexibility index (Phi) is 4.69. The summed E-state index contributed by atoms with van der Waals surface area (Å²) in [5.74, 6) is 6.35. The molecule has 0 radical (unpaired) electrons. The molecule has 4 heteroatoms. The summed E-state index contributed by atoms with van der Waals surface area (Å²) in [7, 11) is 0. The monoisotopic (exact) mass is 272 g/mol. The summed E-state index contributed by atoms with van der Waals surface area (Å²) in [4.78, 5) is 0. The Balaban J connectivity index is 2.04. The molecule has 17 heavy (non-hydrogen) atoms. The smallest absolute Gasteiger partial charge is 0.0595 e. The van der Waals surface area contributed by atoms with Crippen LogP contribution in [0.1, 0.15) is 31.2 Å². The van der Waals surface area contributed by atoms with E-state index in [1.165, 1.54) is 31.2 Å². The van der Waals surface area contributed by atoms with Crippen LogP contribution in [0.15, 0.2) is 18.2 Å². The first-order chi connectivity index (χ1) is 8.20. The van der Waals surface area contributed by atoms with Gasteiger partial charge in [-0.05, 0) is 42.9 Å². The molecule has 0 bridgehead atoms. The molecule has 94 valence electrons. The van der Waals surface area contributed by atoms with E-state index >= 15 is 0 Å². The molecule has 1 aliphatic rings. The summed E-state index contributed by atoms with van der Waals surface area (Å²) in [5, 5.41) is 1.22. The fourth-order valence-electron chi connectivity index (χ4n) is 2.64. The average Bonchev–Trinajstić information content (AvgIpc) is 2.84. The molecule has 1 fully saturated rings. The van der Waals surface area contributed by atoms with E-state index in [1.54, 1.807) is 0 Å². The van der Waals surface area contributed by atoms with Crippen LogP contribution in [0.3, 0.4) is 0 Å². The first-order valence-electron chi connectivity index (χ1n) is 6.10. The van der Waals surface area contributed by atoms with Gasteiger partial charge < -0.3 is 0 Å². The van der Waals surface area contributed by atoms with E-state index in [4.69, 9.17) is 29.0 Å². The second-order valence-electron chi connectivity index (χ2n) is 4.77. The lowest BCUT2D eigenvalue weighted by atomic mass is 9.93. The fraction of sp³-hybridized carbons (Fsp3) is 0.538. The Morgan fingerprint density at radius 3 is 2.53 bits per heavy atom. The number of hydrogen-bond donors (Lipinski definition) is 2. The number of hydrazine groups is 1. The lowest BCUT2D eigenvalue weighted by molar-refractivity contribution is 0.361. The number of hydrogen-bond acceptors (Lipinski definition) is 2. The summed E-state index contributed by atoms with van der Waals surface area (Å²) >= 11 is 11.9. The molecule has 0 aromatic heterocycles. The van der Waals surface area contributed by atoms with Crippen molar-refractivity contribution in [3.8, 4) is 0 Å². The molecule has 1 saturated carbocycles. The summed E-state index contributed by atoms with van der Waals surface area (Å²) < 4.78 is 0. The third kappa shape index (κ3) is 3.35. The molecule has 0 saturated heterocycles. The van der Waals surface area contributed by atoms with Crippen molar-refractivity contribution in [1.29, 1.82) is 0 Å². The maximum absolute atomic E-state index is 6.02. The highest BCUT2D eigenvalue weighted by atomic mass is 35.5. The van der Waals surface area contributed by atoms with E-state index in [2.05, 4.69) is 5.43 Å². The number of halogens is 2. The van der Waals surface area contributed by atoms with Crippen molar-refractivity contribution in [1.82, 2.24) is 5.43 Å². The van der Waals surface area contributed by atoms with Gasteiger partial charge in [0, 0.05) is 6.04 Å².